The van der Waals surface area contributed by atoms with Crippen molar-refractivity contribution in [1.29, 1.82) is 0 Å². The molecular formula is C34H36N2O5. The van der Waals surface area contributed by atoms with Crippen molar-refractivity contribution in [3.05, 3.63) is 106 Å². The lowest BCUT2D eigenvalue weighted by Gasteiger charge is -2.37. The molecule has 0 saturated carbocycles. The van der Waals surface area contributed by atoms with Crippen molar-refractivity contribution in [3.63, 3.8) is 0 Å². The second-order valence-corrected chi connectivity index (χ2v) is 10.5. The molecule has 41 heavy (non-hydrogen) atoms. The minimum absolute atomic E-state index is 0.0190. The first kappa shape index (κ1) is 28.0. The number of ether oxygens (including phenoxy) is 3. The maximum atomic E-state index is 14.0. The van der Waals surface area contributed by atoms with Crippen molar-refractivity contribution in [1.82, 2.24) is 5.32 Å². The van der Waals surface area contributed by atoms with E-state index in [1.807, 2.05) is 87.5 Å². The summed E-state index contributed by atoms with van der Waals surface area (Å²) in [5.41, 5.74) is 6.45. The van der Waals surface area contributed by atoms with E-state index in [4.69, 9.17) is 14.2 Å². The Bertz CT molecular complexity index is 1520. The van der Waals surface area contributed by atoms with Gasteiger partial charge in [0.15, 0.2) is 17.3 Å². The predicted octanol–water partition coefficient (Wildman–Crippen LogP) is 6.41. The van der Waals surface area contributed by atoms with Gasteiger partial charge < -0.3 is 24.8 Å². The monoisotopic (exact) mass is 552 g/mol. The molecule has 7 nitrogen and oxygen atoms in total. The standard InChI is InChI=1S/C34H36N2O5/c1-6-41-26-14-9-22(10-15-26)32-31(34(38)36-25-12-7-20(2)8-13-25)21(3)35-27-17-24(18-28(37)33(27)32)23-11-16-29(39-4)30(19-23)40-5/h7-16,19,24,32,35H,6,17-18H2,1-5H3,(H,36,38)/t24-,32-/m1/s1. The van der Waals surface area contributed by atoms with Crippen LogP contribution in [0.25, 0.3) is 0 Å². The highest BCUT2D eigenvalue weighted by Gasteiger charge is 2.41. The number of hydrogen-bond acceptors (Lipinski definition) is 6. The maximum absolute atomic E-state index is 14.0. The van der Waals surface area contributed by atoms with Gasteiger partial charge in [-0.1, -0.05) is 35.9 Å². The number of ketones is 1. The first-order valence-corrected chi connectivity index (χ1v) is 13.9. The second kappa shape index (κ2) is 11.9. The Kier molecular flexibility index (Phi) is 8.15. The number of amides is 1. The molecule has 0 spiro atoms. The molecule has 0 radical (unpaired) electrons. The van der Waals surface area contributed by atoms with Crippen LogP contribution in [-0.4, -0.2) is 32.5 Å². The molecule has 0 unspecified atom stereocenters. The largest absolute Gasteiger partial charge is 0.494 e. The van der Waals surface area contributed by atoms with Crippen molar-refractivity contribution in [3.8, 4) is 17.2 Å². The van der Waals surface area contributed by atoms with E-state index in [9.17, 15) is 9.59 Å². The molecule has 0 fully saturated rings. The van der Waals surface area contributed by atoms with Crippen LogP contribution in [0.4, 0.5) is 5.69 Å². The summed E-state index contributed by atoms with van der Waals surface area (Å²) in [5, 5.41) is 6.50. The van der Waals surface area contributed by atoms with Crippen LogP contribution >= 0.6 is 0 Å². The number of Topliss-reactive ketones (excluding diaryl/α,β-unsaturated/α-hetero) is 1. The van der Waals surface area contributed by atoms with Gasteiger partial charge in [0.25, 0.3) is 5.91 Å². The molecule has 212 valence electrons. The molecular weight excluding hydrogens is 516 g/mol. The van der Waals surface area contributed by atoms with Crippen molar-refractivity contribution in [2.45, 2.75) is 45.4 Å². The summed E-state index contributed by atoms with van der Waals surface area (Å²) in [5.74, 6) is 1.26. The number of nitrogens with one attached hydrogen (secondary N) is 2. The summed E-state index contributed by atoms with van der Waals surface area (Å²) in [4.78, 5) is 27.8. The lowest BCUT2D eigenvalue weighted by atomic mass is 9.71. The van der Waals surface area contributed by atoms with Gasteiger partial charge in [0.1, 0.15) is 5.75 Å². The minimum Gasteiger partial charge on any atom is -0.494 e. The molecule has 0 saturated heterocycles. The van der Waals surface area contributed by atoms with Crippen LogP contribution in [0.15, 0.2) is 89.3 Å². The first-order chi connectivity index (χ1) is 19.8. The zero-order valence-corrected chi connectivity index (χ0v) is 24.2. The third-order valence-electron chi connectivity index (χ3n) is 7.79. The Labute approximate surface area is 241 Å². The Morgan fingerprint density at radius 2 is 1.59 bits per heavy atom. The Balaban J connectivity index is 1.53. The Hall–Kier alpha value is -4.52. The summed E-state index contributed by atoms with van der Waals surface area (Å²) in [7, 11) is 3.21. The highest BCUT2D eigenvalue weighted by atomic mass is 16.5. The molecule has 3 aromatic rings. The van der Waals surface area contributed by atoms with Gasteiger partial charge in [0, 0.05) is 40.6 Å². The summed E-state index contributed by atoms with van der Waals surface area (Å²) in [6, 6.07) is 21.2. The van der Waals surface area contributed by atoms with Gasteiger partial charge in [-0.2, -0.15) is 0 Å². The number of carbonyl (C=O) groups excluding carboxylic acids is 2. The lowest BCUT2D eigenvalue weighted by molar-refractivity contribution is -0.116. The van der Waals surface area contributed by atoms with Gasteiger partial charge in [-0.05, 0) is 80.6 Å². The third kappa shape index (κ3) is 5.71. The summed E-state index contributed by atoms with van der Waals surface area (Å²) >= 11 is 0. The van der Waals surface area contributed by atoms with Crippen LogP contribution in [0, 0.1) is 6.92 Å². The Morgan fingerprint density at radius 3 is 2.24 bits per heavy atom. The molecule has 5 rings (SSSR count). The SMILES string of the molecule is CCOc1ccc([C@@H]2C(C(=O)Nc3ccc(C)cc3)=C(C)NC3=C2C(=O)C[C@H](c2ccc(OC)c(OC)c2)C3)cc1. The fraction of sp³-hybridized carbons (Fsp3) is 0.294. The second-order valence-electron chi connectivity index (χ2n) is 10.5. The van der Waals surface area contributed by atoms with Crippen LogP contribution in [0.2, 0.25) is 0 Å². The van der Waals surface area contributed by atoms with Gasteiger partial charge >= 0.3 is 0 Å². The molecule has 2 N–H and O–H groups in total. The molecule has 2 aliphatic rings. The van der Waals surface area contributed by atoms with E-state index in [1.165, 1.54) is 0 Å². The van der Waals surface area contributed by atoms with E-state index >= 15 is 0 Å². The number of benzene rings is 3. The summed E-state index contributed by atoms with van der Waals surface area (Å²) < 4.78 is 16.6. The van der Waals surface area contributed by atoms with Crippen LogP contribution in [0.3, 0.4) is 0 Å². The van der Waals surface area contributed by atoms with Gasteiger partial charge in [0.2, 0.25) is 0 Å². The quantitative estimate of drug-likeness (QED) is 0.336. The molecule has 2 atom stereocenters. The van der Waals surface area contributed by atoms with Crippen LogP contribution in [-0.2, 0) is 9.59 Å². The van der Waals surface area contributed by atoms with Crippen molar-refractivity contribution < 1.29 is 23.8 Å². The first-order valence-electron chi connectivity index (χ1n) is 13.9. The number of rotatable bonds is 8. The third-order valence-corrected chi connectivity index (χ3v) is 7.79. The number of allylic oxidation sites excluding steroid dienone is 3. The van der Waals surface area contributed by atoms with E-state index in [0.29, 0.717) is 47.8 Å². The molecule has 0 bridgehead atoms. The highest BCUT2D eigenvalue weighted by molar-refractivity contribution is 6.10. The van der Waals surface area contributed by atoms with Crippen LogP contribution < -0.4 is 24.8 Å². The summed E-state index contributed by atoms with van der Waals surface area (Å²) in [6.07, 6.45) is 0.962. The van der Waals surface area contributed by atoms with Crippen molar-refractivity contribution in [2.24, 2.45) is 0 Å². The van der Waals surface area contributed by atoms with Gasteiger partial charge in [-0.25, -0.2) is 0 Å². The van der Waals surface area contributed by atoms with E-state index in [1.54, 1.807) is 14.2 Å². The van der Waals surface area contributed by atoms with Crippen molar-refractivity contribution >= 4 is 17.4 Å². The molecule has 1 aliphatic heterocycles. The smallest absolute Gasteiger partial charge is 0.254 e. The number of anilines is 1. The van der Waals surface area contributed by atoms with Crippen molar-refractivity contribution in [2.75, 3.05) is 26.1 Å². The zero-order valence-electron chi connectivity index (χ0n) is 24.2. The molecule has 1 heterocycles. The average Bonchev–Trinajstić information content (AvgIpc) is 2.97. The molecule has 1 aliphatic carbocycles. The number of carbonyl (C=O) groups is 2. The van der Waals surface area contributed by atoms with E-state index < -0.39 is 5.92 Å². The number of aryl methyl sites for hydroxylation is 1. The average molecular weight is 553 g/mol. The zero-order chi connectivity index (χ0) is 29.1. The Morgan fingerprint density at radius 1 is 0.902 bits per heavy atom. The fourth-order valence-corrected chi connectivity index (χ4v) is 5.77. The molecule has 3 aromatic carbocycles. The topological polar surface area (TPSA) is 85.9 Å². The van der Waals surface area contributed by atoms with E-state index in [-0.39, 0.29) is 17.6 Å². The van der Waals surface area contributed by atoms with Crippen LogP contribution in [0.5, 0.6) is 17.2 Å². The number of hydrogen-bond donors (Lipinski definition) is 2. The normalized spacial score (nSPS) is 18.4. The predicted molar refractivity (Wildman–Crippen MR) is 160 cm³/mol. The number of dihydropyridines is 1. The van der Waals surface area contributed by atoms with Gasteiger partial charge in [-0.15, -0.1) is 0 Å². The van der Waals surface area contributed by atoms with Crippen LogP contribution in [0.1, 0.15) is 55.2 Å². The fourth-order valence-electron chi connectivity index (χ4n) is 5.77. The van der Waals surface area contributed by atoms with Gasteiger partial charge in [-0.3, -0.25) is 9.59 Å². The highest BCUT2D eigenvalue weighted by Crippen LogP contribution is 2.46. The van der Waals surface area contributed by atoms with E-state index in [0.717, 1.165) is 33.8 Å². The molecule has 1 amide bonds. The molecule has 0 aromatic heterocycles. The lowest BCUT2D eigenvalue weighted by Crippen LogP contribution is -2.37. The molecule has 7 heteroatoms. The van der Waals surface area contributed by atoms with E-state index in [2.05, 4.69) is 10.6 Å². The maximum Gasteiger partial charge on any atom is 0.254 e. The number of methoxy groups -OCH3 is 2. The summed E-state index contributed by atoms with van der Waals surface area (Å²) in [6.45, 7) is 6.40. The minimum atomic E-state index is -0.508. The van der Waals surface area contributed by atoms with Gasteiger partial charge in [0.05, 0.1) is 20.8 Å².